The molecule has 0 aliphatic heterocycles. The summed E-state index contributed by atoms with van der Waals surface area (Å²) >= 11 is 0. The highest BCUT2D eigenvalue weighted by Crippen LogP contribution is 2.22. The maximum atomic E-state index is 11.6. The third-order valence-electron chi connectivity index (χ3n) is 2.54. The van der Waals surface area contributed by atoms with Crippen LogP contribution in [0.25, 0.3) is 0 Å². The Hall–Kier alpha value is -1.31. The lowest BCUT2D eigenvalue weighted by molar-refractivity contribution is 0.282. The standard InChI is InChI=1S/C11H19N3O3S/c1-8(5-6-15)14-9-3-4-11(10(12)7-9)18(16,17)13-2/h3-4,7-8,13-15H,5-6,12H2,1-2H3. The average molecular weight is 273 g/mol. The van der Waals surface area contributed by atoms with E-state index in [1.165, 1.54) is 13.1 Å². The van der Waals surface area contributed by atoms with Crippen LogP contribution in [0, 0.1) is 0 Å². The Kier molecular flexibility index (Phi) is 4.94. The van der Waals surface area contributed by atoms with Crippen LogP contribution in [0.3, 0.4) is 0 Å². The molecule has 0 aromatic heterocycles. The highest BCUT2D eigenvalue weighted by Gasteiger charge is 2.15. The van der Waals surface area contributed by atoms with Crippen LogP contribution in [-0.2, 0) is 10.0 Å². The molecule has 0 aliphatic rings. The predicted octanol–water partition coefficient (Wildman–Crippen LogP) is 0.360. The third kappa shape index (κ3) is 3.59. The van der Waals surface area contributed by atoms with Gasteiger partial charge in [-0.3, -0.25) is 0 Å². The molecule has 7 heteroatoms. The van der Waals surface area contributed by atoms with Gasteiger partial charge in [0.15, 0.2) is 0 Å². The van der Waals surface area contributed by atoms with Gasteiger partial charge in [0.05, 0.1) is 5.69 Å². The first-order valence-corrected chi connectivity index (χ1v) is 7.09. The fourth-order valence-corrected chi connectivity index (χ4v) is 2.38. The Morgan fingerprint density at radius 1 is 1.44 bits per heavy atom. The SMILES string of the molecule is CNS(=O)(=O)c1ccc(NC(C)CCO)cc1N. The van der Waals surface area contributed by atoms with Crippen LogP contribution in [0.2, 0.25) is 0 Å². The van der Waals surface area contributed by atoms with Gasteiger partial charge in [0.1, 0.15) is 4.90 Å². The van der Waals surface area contributed by atoms with Crippen molar-refractivity contribution in [3.8, 4) is 0 Å². The van der Waals surface area contributed by atoms with Crippen LogP contribution in [0.1, 0.15) is 13.3 Å². The van der Waals surface area contributed by atoms with Crippen LogP contribution in [0.5, 0.6) is 0 Å². The van der Waals surface area contributed by atoms with E-state index in [4.69, 9.17) is 10.8 Å². The third-order valence-corrected chi connectivity index (χ3v) is 4.03. The molecule has 0 spiro atoms. The zero-order valence-corrected chi connectivity index (χ0v) is 11.3. The second kappa shape index (κ2) is 6.03. The average Bonchev–Trinajstić information content (AvgIpc) is 2.29. The maximum absolute atomic E-state index is 11.6. The summed E-state index contributed by atoms with van der Waals surface area (Å²) in [6.07, 6.45) is 0.608. The van der Waals surface area contributed by atoms with E-state index in [-0.39, 0.29) is 23.2 Å². The van der Waals surface area contributed by atoms with Crippen molar-refractivity contribution in [3.05, 3.63) is 18.2 Å². The Labute approximate surface area is 107 Å². The van der Waals surface area contributed by atoms with Crippen molar-refractivity contribution in [2.45, 2.75) is 24.3 Å². The molecule has 0 aliphatic carbocycles. The van der Waals surface area contributed by atoms with Crippen molar-refractivity contribution in [2.24, 2.45) is 0 Å². The van der Waals surface area contributed by atoms with Gasteiger partial charge >= 0.3 is 0 Å². The van der Waals surface area contributed by atoms with Crippen molar-refractivity contribution in [1.82, 2.24) is 4.72 Å². The van der Waals surface area contributed by atoms with Crippen LogP contribution in [0.4, 0.5) is 11.4 Å². The molecule has 102 valence electrons. The molecular formula is C11H19N3O3S. The number of aliphatic hydroxyl groups excluding tert-OH is 1. The van der Waals surface area contributed by atoms with E-state index in [1.54, 1.807) is 12.1 Å². The predicted molar refractivity (Wildman–Crippen MR) is 71.9 cm³/mol. The molecular weight excluding hydrogens is 254 g/mol. The minimum Gasteiger partial charge on any atom is -0.398 e. The van der Waals surface area contributed by atoms with E-state index in [9.17, 15) is 8.42 Å². The molecule has 5 N–H and O–H groups in total. The molecule has 0 radical (unpaired) electrons. The monoisotopic (exact) mass is 273 g/mol. The Balaban J connectivity index is 2.93. The minimum absolute atomic E-state index is 0.0605. The van der Waals surface area contributed by atoms with E-state index in [0.717, 1.165) is 5.69 Å². The number of hydrogen-bond donors (Lipinski definition) is 4. The smallest absolute Gasteiger partial charge is 0.242 e. The molecule has 0 fully saturated rings. The molecule has 1 aromatic rings. The number of benzene rings is 1. The zero-order chi connectivity index (χ0) is 13.8. The summed E-state index contributed by atoms with van der Waals surface area (Å²) in [5, 5.41) is 11.9. The van der Waals surface area contributed by atoms with Crippen molar-refractivity contribution >= 4 is 21.4 Å². The first kappa shape index (κ1) is 14.7. The molecule has 0 heterocycles. The topological polar surface area (TPSA) is 104 Å². The summed E-state index contributed by atoms with van der Waals surface area (Å²) in [7, 11) is -2.19. The lowest BCUT2D eigenvalue weighted by atomic mass is 10.2. The number of anilines is 2. The van der Waals surface area contributed by atoms with Gasteiger partial charge in [-0.15, -0.1) is 0 Å². The van der Waals surface area contributed by atoms with E-state index in [1.807, 2.05) is 6.92 Å². The molecule has 0 amide bonds. The van der Waals surface area contributed by atoms with Gasteiger partial charge in [-0.2, -0.15) is 0 Å². The van der Waals surface area contributed by atoms with Crippen LogP contribution < -0.4 is 15.8 Å². The Morgan fingerprint density at radius 2 is 2.11 bits per heavy atom. The molecule has 1 unspecified atom stereocenters. The summed E-state index contributed by atoms with van der Waals surface area (Å²) in [5.74, 6) is 0. The number of nitrogen functional groups attached to an aromatic ring is 1. The second-order valence-electron chi connectivity index (χ2n) is 4.02. The molecule has 0 saturated carbocycles. The lowest BCUT2D eigenvalue weighted by Crippen LogP contribution is -2.20. The minimum atomic E-state index is -3.53. The number of rotatable bonds is 6. The molecule has 1 rings (SSSR count). The first-order chi connectivity index (χ1) is 8.40. The Morgan fingerprint density at radius 3 is 2.61 bits per heavy atom. The lowest BCUT2D eigenvalue weighted by Gasteiger charge is -2.15. The maximum Gasteiger partial charge on any atom is 0.242 e. The highest BCUT2D eigenvalue weighted by molar-refractivity contribution is 7.89. The fourth-order valence-electron chi connectivity index (χ4n) is 1.54. The van der Waals surface area contributed by atoms with Crippen molar-refractivity contribution < 1.29 is 13.5 Å². The van der Waals surface area contributed by atoms with Crippen LogP contribution in [-0.4, -0.2) is 33.2 Å². The van der Waals surface area contributed by atoms with Crippen LogP contribution >= 0.6 is 0 Å². The quantitative estimate of drug-likeness (QED) is 0.560. The van der Waals surface area contributed by atoms with Crippen molar-refractivity contribution in [2.75, 3.05) is 24.7 Å². The van der Waals surface area contributed by atoms with Crippen molar-refractivity contribution in [3.63, 3.8) is 0 Å². The molecule has 1 atom stereocenters. The Bertz CT molecular complexity index is 502. The molecule has 0 bridgehead atoms. The second-order valence-corrected chi connectivity index (χ2v) is 5.87. The van der Waals surface area contributed by atoms with E-state index in [2.05, 4.69) is 10.0 Å². The molecule has 6 nitrogen and oxygen atoms in total. The number of sulfonamides is 1. The number of nitrogens with two attached hydrogens (primary N) is 1. The molecule has 0 saturated heterocycles. The fraction of sp³-hybridized carbons (Fsp3) is 0.455. The van der Waals surface area contributed by atoms with Crippen molar-refractivity contribution in [1.29, 1.82) is 0 Å². The van der Waals surface area contributed by atoms with Gasteiger partial charge < -0.3 is 16.2 Å². The summed E-state index contributed by atoms with van der Waals surface area (Å²) in [4.78, 5) is 0.0605. The van der Waals surface area contributed by atoms with Gasteiger partial charge in [-0.25, -0.2) is 13.1 Å². The summed E-state index contributed by atoms with van der Waals surface area (Å²) < 4.78 is 25.4. The number of aliphatic hydroxyl groups is 1. The number of nitrogens with one attached hydrogen (secondary N) is 2. The van der Waals surface area contributed by atoms with Crippen LogP contribution in [0.15, 0.2) is 23.1 Å². The van der Waals surface area contributed by atoms with Gasteiger partial charge in [0, 0.05) is 18.3 Å². The van der Waals surface area contributed by atoms with E-state index in [0.29, 0.717) is 6.42 Å². The molecule has 1 aromatic carbocycles. The summed E-state index contributed by atoms with van der Waals surface area (Å²) in [5.41, 5.74) is 6.64. The van der Waals surface area contributed by atoms with E-state index >= 15 is 0 Å². The normalized spacial score (nSPS) is 13.3. The zero-order valence-electron chi connectivity index (χ0n) is 10.5. The number of hydrogen-bond acceptors (Lipinski definition) is 5. The van der Waals surface area contributed by atoms with E-state index < -0.39 is 10.0 Å². The highest BCUT2D eigenvalue weighted by atomic mass is 32.2. The summed E-state index contributed by atoms with van der Waals surface area (Å²) in [6.45, 7) is 2.01. The van der Waals surface area contributed by atoms with Gasteiger partial charge in [0.25, 0.3) is 0 Å². The van der Waals surface area contributed by atoms with Gasteiger partial charge in [-0.1, -0.05) is 0 Å². The largest absolute Gasteiger partial charge is 0.398 e. The summed E-state index contributed by atoms with van der Waals surface area (Å²) in [6, 6.07) is 4.75. The molecule has 18 heavy (non-hydrogen) atoms. The first-order valence-electron chi connectivity index (χ1n) is 5.61. The van der Waals surface area contributed by atoms with Gasteiger partial charge in [0.2, 0.25) is 10.0 Å². The van der Waals surface area contributed by atoms with Gasteiger partial charge in [-0.05, 0) is 38.6 Å².